The van der Waals surface area contributed by atoms with Crippen LogP contribution in [0.25, 0.3) is 0 Å². The third-order valence-electron chi connectivity index (χ3n) is 4.05. The number of carbonyl (C=O) groups is 1. The maximum absolute atomic E-state index is 10.6. The molecule has 17 heavy (non-hydrogen) atoms. The zero-order valence-corrected chi connectivity index (χ0v) is 9.62. The summed E-state index contributed by atoms with van der Waals surface area (Å²) in [5.41, 5.74) is 0.605. The van der Waals surface area contributed by atoms with E-state index < -0.39 is 0 Å². The minimum absolute atomic E-state index is 0.140. The summed E-state index contributed by atoms with van der Waals surface area (Å²) in [5, 5.41) is 9.85. The maximum Gasteiger partial charge on any atom is 0.151 e. The molecule has 3 unspecified atom stereocenters. The predicted octanol–water partition coefficient (Wildman–Crippen LogP) is 1.10. The van der Waals surface area contributed by atoms with Crippen LogP contribution in [-0.2, 0) is 0 Å². The number of hydrogen-bond donors (Lipinski definition) is 1. The van der Waals surface area contributed by atoms with Crippen LogP contribution in [-0.4, -0.2) is 35.6 Å². The monoisotopic (exact) mass is 232 g/mol. The molecule has 4 heteroatoms. The normalized spacial score (nSPS) is 31.6. The van der Waals surface area contributed by atoms with Gasteiger partial charge in [-0.2, -0.15) is 0 Å². The van der Waals surface area contributed by atoms with Crippen molar-refractivity contribution in [3.63, 3.8) is 0 Å². The van der Waals surface area contributed by atoms with Crippen LogP contribution in [0.2, 0.25) is 0 Å². The number of nitrogens with zero attached hydrogens (tertiary/aromatic N) is 2. The summed E-state index contributed by atoms with van der Waals surface area (Å²) in [6, 6.07) is 3.68. The first-order valence-corrected chi connectivity index (χ1v) is 6.12. The van der Waals surface area contributed by atoms with Crippen LogP contribution >= 0.6 is 0 Å². The molecule has 1 aromatic heterocycles. The van der Waals surface area contributed by atoms with Crippen LogP contribution in [0.5, 0.6) is 0 Å². The van der Waals surface area contributed by atoms with Crippen LogP contribution in [0.4, 0.5) is 5.82 Å². The highest BCUT2D eigenvalue weighted by Gasteiger charge is 2.42. The average Bonchev–Trinajstić information content (AvgIpc) is 2.92. The third kappa shape index (κ3) is 1.82. The van der Waals surface area contributed by atoms with Gasteiger partial charge in [-0.15, -0.1) is 0 Å². The molecule has 1 saturated carbocycles. The van der Waals surface area contributed by atoms with E-state index in [2.05, 4.69) is 9.88 Å². The molecule has 90 valence electrons. The van der Waals surface area contributed by atoms with Crippen molar-refractivity contribution in [3.8, 4) is 0 Å². The lowest BCUT2D eigenvalue weighted by atomic mass is 10.00. The Morgan fingerprint density at radius 2 is 2.24 bits per heavy atom. The zero-order valence-electron chi connectivity index (χ0n) is 9.62. The Hall–Kier alpha value is -1.42. The molecule has 1 saturated heterocycles. The van der Waals surface area contributed by atoms with E-state index in [1.165, 1.54) is 0 Å². The standard InChI is InChI=1S/C13H16N2O2/c16-8-9-1-4-13(14-5-9)15-6-10-2-3-12(17)11(10)7-15/h1,4-5,8,10-12,17H,2-3,6-7H2. The topological polar surface area (TPSA) is 53.4 Å². The second-order valence-electron chi connectivity index (χ2n) is 5.04. The van der Waals surface area contributed by atoms with Gasteiger partial charge in [0.1, 0.15) is 5.82 Å². The largest absolute Gasteiger partial charge is 0.393 e. The Morgan fingerprint density at radius 3 is 2.88 bits per heavy atom. The molecule has 0 spiro atoms. The molecule has 2 fully saturated rings. The lowest BCUT2D eigenvalue weighted by molar-refractivity contribution is 0.112. The number of rotatable bonds is 2. The van der Waals surface area contributed by atoms with Crippen molar-refractivity contribution >= 4 is 12.1 Å². The SMILES string of the molecule is O=Cc1ccc(N2CC3CCC(O)C3C2)nc1. The number of aldehydes is 1. The van der Waals surface area contributed by atoms with Crippen molar-refractivity contribution in [2.75, 3.05) is 18.0 Å². The lowest BCUT2D eigenvalue weighted by Gasteiger charge is -2.19. The Morgan fingerprint density at radius 1 is 1.35 bits per heavy atom. The van der Waals surface area contributed by atoms with Gasteiger partial charge in [0.2, 0.25) is 0 Å². The van der Waals surface area contributed by atoms with E-state index in [9.17, 15) is 9.90 Å². The first-order chi connectivity index (χ1) is 8.28. The van der Waals surface area contributed by atoms with Gasteiger partial charge in [0.15, 0.2) is 6.29 Å². The molecular weight excluding hydrogens is 216 g/mol. The average molecular weight is 232 g/mol. The van der Waals surface area contributed by atoms with Crippen molar-refractivity contribution in [2.24, 2.45) is 11.8 Å². The second kappa shape index (κ2) is 4.11. The molecular formula is C13H16N2O2. The van der Waals surface area contributed by atoms with Crippen molar-refractivity contribution in [1.29, 1.82) is 0 Å². The van der Waals surface area contributed by atoms with Crippen LogP contribution in [0, 0.1) is 11.8 Å². The fourth-order valence-corrected chi connectivity index (χ4v) is 3.08. The molecule has 0 aromatic carbocycles. The Balaban J connectivity index is 1.75. The molecule has 2 aliphatic rings. The molecule has 4 nitrogen and oxygen atoms in total. The molecule has 0 bridgehead atoms. The summed E-state index contributed by atoms with van der Waals surface area (Å²) in [5.74, 6) is 1.93. The van der Waals surface area contributed by atoms with E-state index in [1.54, 1.807) is 12.3 Å². The molecule has 0 radical (unpaired) electrons. The summed E-state index contributed by atoms with van der Waals surface area (Å²) in [7, 11) is 0. The van der Waals surface area contributed by atoms with E-state index in [1.807, 2.05) is 6.07 Å². The highest BCUT2D eigenvalue weighted by atomic mass is 16.3. The number of hydrogen-bond acceptors (Lipinski definition) is 4. The van der Waals surface area contributed by atoms with Gasteiger partial charge in [0.05, 0.1) is 6.10 Å². The molecule has 1 N–H and O–H groups in total. The third-order valence-corrected chi connectivity index (χ3v) is 4.05. The van der Waals surface area contributed by atoms with Gasteiger partial charge in [0.25, 0.3) is 0 Å². The van der Waals surface area contributed by atoms with Gasteiger partial charge in [-0.25, -0.2) is 4.98 Å². The Labute approximate surface area is 100 Å². The van der Waals surface area contributed by atoms with Crippen molar-refractivity contribution in [1.82, 2.24) is 4.98 Å². The van der Waals surface area contributed by atoms with Crippen molar-refractivity contribution < 1.29 is 9.90 Å². The van der Waals surface area contributed by atoms with E-state index in [0.717, 1.165) is 38.0 Å². The van der Waals surface area contributed by atoms with Crippen LogP contribution in [0.3, 0.4) is 0 Å². The minimum atomic E-state index is -0.140. The lowest BCUT2D eigenvalue weighted by Crippen LogP contribution is -2.25. The minimum Gasteiger partial charge on any atom is -0.393 e. The molecule has 1 aliphatic heterocycles. The van der Waals surface area contributed by atoms with Crippen LogP contribution < -0.4 is 4.90 Å². The second-order valence-corrected chi connectivity index (χ2v) is 5.04. The number of aliphatic hydroxyl groups is 1. The molecule has 1 aliphatic carbocycles. The predicted molar refractivity (Wildman–Crippen MR) is 64.1 cm³/mol. The molecule has 3 rings (SSSR count). The maximum atomic E-state index is 10.6. The first-order valence-electron chi connectivity index (χ1n) is 6.12. The number of aliphatic hydroxyl groups excluding tert-OH is 1. The quantitative estimate of drug-likeness (QED) is 0.776. The van der Waals surface area contributed by atoms with Gasteiger partial charge in [0, 0.05) is 30.8 Å². The molecule has 0 amide bonds. The fourth-order valence-electron chi connectivity index (χ4n) is 3.08. The van der Waals surface area contributed by atoms with Crippen molar-refractivity contribution in [3.05, 3.63) is 23.9 Å². The van der Waals surface area contributed by atoms with Crippen molar-refractivity contribution in [2.45, 2.75) is 18.9 Å². The fraction of sp³-hybridized carbons (Fsp3) is 0.538. The Kier molecular flexibility index (Phi) is 2.59. The smallest absolute Gasteiger partial charge is 0.151 e. The highest BCUT2D eigenvalue weighted by Crippen LogP contribution is 2.39. The number of anilines is 1. The van der Waals surface area contributed by atoms with Crippen LogP contribution in [0.1, 0.15) is 23.2 Å². The van der Waals surface area contributed by atoms with Gasteiger partial charge in [-0.05, 0) is 30.9 Å². The van der Waals surface area contributed by atoms with Gasteiger partial charge in [-0.3, -0.25) is 4.79 Å². The van der Waals surface area contributed by atoms with Gasteiger partial charge in [-0.1, -0.05) is 0 Å². The van der Waals surface area contributed by atoms with Gasteiger partial charge < -0.3 is 10.0 Å². The summed E-state index contributed by atoms with van der Waals surface area (Å²) in [6.45, 7) is 1.87. The summed E-state index contributed by atoms with van der Waals surface area (Å²) in [4.78, 5) is 17.1. The van der Waals surface area contributed by atoms with Gasteiger partial charge >= 0.3 is 0 Å². The zero-order chi connectivity index (χ0) is 11.8. The van der Waals surface area contributed by atoms with E-state index in [0.29, 0.717) is 17.4 Å². The molecule has 2 heterocycles. The summed E-state index contributed by atoms with van der Waals surface area (Å²) >= 11 is 0. The van der Waals surface area contributed by atoms with E-state index in [4.69, 9.17) is 0 Å². The number of fused-ring (bicyclic) bond motifs is 1. The Bertz CT molecular complexity index is 418. The van der Waals surface area contributed by atoms with Crippen LogP contribution in [0.15, 0.2) is 18.3 Å². The molecule has 1 aromatic rings. The van der Waals surface area contributed by atoms with E-state index >= 15 is 0 Å². The number of pyridine rings is 1. The highest BCUT2D eigenvalue weighted by molar-refractivity contribution is 5.74. The van der Waals surface area contributed by atoms with E-state index in [-0.39, 0.29) is 6.10 Å². The number of aromatic nitrogens is 1. The summed E-state index contributed by atoms with van der Waals surface area (Å²) in [6.07, 6.45) is 4.33. The summed E-state index contributed by atoms with van der Waals surface area (Å²) < 4.78 is 0. The molecule has 3 atom stereocenters. The number of carbonyl (C=O) groups excluding carboxylic acids is 1. The first kappa shape index (κ1) is 10.7.